The molecule has 0 saturated heterocycles. The molecule has 6 heteroatoms. The summed E-state index contributed by atoms with van der Waals surface area (Å²) in [4.78, 5) is 20.6. The topological polar surface area (TPSA) is 72.7 Å². The minimum atomic E-state index is 0.0495. The van der Waals surface area contributed by atoms with Gasteiger partial charge in [-0.15, -0.1) is 0 Å². The van der Waals surface area contributed by atoms with Crippen LogP contribution in [0.15, 0.2) is 48.8 Å². The maximum atomic E-state index is 11.4. The van der Waals surface area contributed by atoms with Gasteiger partial charge in [-0.1, -0.05) is 18.2 Å². The van der Waals surface area contributed by atoms with Crippen LogP contribution in [0.1, 0.15) is 18.4 Å². The van der Waals surface area contributed by atoms with Crippen LogP contribution >= 0.6 is 0 Å². The summed E-state index contributed by atoms with van der Waals surface area (Å²) in [5.74, 6) is 0.0495. The summed E-state index contributed by atoms with van der Waals surface area (Å²) >= 11 is 0. The SMILES string of the molecule is CNC(=O)CCCn1ncc2nc(-c3ccc4cccnc4c3)cc(C)c21. The molecule has 4 rings (SSSR count). The average Bonchev–Trinajstić information content (AvgIpc) is 3.11. The maximum absolute atomic E-state index is 11.4. The highest BCUT2D eigenvalue weighted by molar-refractivity contribution is 5.86. The lowest BCUT2D eigenvalue weighted by molar-refractivity contribution is -0.120. The lowest BCUT2D eigenvalue weighted by atomic mass is 10.1. The number of pyridine rings is 2. The van der Waals surface area contributed by atoms with E-state index in [-0.39, 0.29) is 5.91 Å². The second kappa shape index (κ2) is 7.15. The van der Waals surface area contributed by atoms with Gasteiger partial charge in [-0.3, -0.25) is 14.5 Å². The quantitative estimate of drug-likeness (QED) is 0.592. The molecule has 0 radical (unpaired) electrons. The Balaban J connectivity index is 1.66. The van der Waals surface area contributed by atoms with Gasteiger partial charge >= 0.3 is 0 Å². The van der Waals surface area contributed by atoms with E-state index in [9.17, 15) is 4.79 Å². The van der Waals surface area contributed by atoms with Crippen molar-refractivity contribution in [3.05, 3.63) is 54.4 Å². The molecule has 4 aromatic rings. The highest BCUT2D eigenvalue weighted by Crippen LogP contribution is 2.26. The van der Waals surface area contributed by atoms with Gasteiger partial charge in [0.25, 0.3) is 0 Å². The summed E-state index contributed by atoms with van der Waals surface area (Å²) in [5.41, 5.74) is 5.92. The fourth-order valence-corrected chi connectivity index (χ4v) is 3.36. The predicted molar refractivity (Wildman–Crippen MR) is 106 cm³/mol. The Hall–Kier alpha value is -3.28. The fourth-order valence-electron chi connectivity index (χ4n) is 3.36. The third-order valence-corrected chi connectivity index (χ3v) is 4.74. The van der Waals surface area contributed by atoms with Crippen LogP contribution in [0.4, 0.5) is 0 Å². The molecular weight excluding hydrogens is 338 g/mol. The number of carbonyl (C=O) groups is 1. The molecule has 3 heterocycles. The number of nitrogens with one attached hydrogen (secondary N) is 1. The number of amides is 1. The molecule has 0 aliphatic rings. The third kappa shape index (κ3) is 3.38. The molecule has 1 amide bonds. The van der Waals surface area contributed by atoms with E-state index in [0.717, 1.165) is 45.2 Å². The Morgan fingerprint density at radius 2 is 2.07 bits per heavy atom. The minimum absolute atomic E-state index is 0.0495. The molecule has 0 saturated carbocycles. The molecule has 136 valence electrons. The van der Waals surface area contributed by atoms with Gasteiger partial charge in [0.15, 0.2) is 0 Å². The normalized spacial score (nSPS) is 11.2. The molecule has 0 atom stereocenters. The molecular formula is C21H21N5O. The predicted octanol–water partition coefficient (Wildman–Crippen LogP) is 3.48. The van der Waals surface area contributed by atoms with E-state index in [1.807, 2.05) is 10.7 Å². The molecule has 1 aromatic carbocycles. The van der Waals surface area contributed by atoms with Crippen LogP contribution in [0.2, 0.25) is 0 Å². The number of fused-ring (bicyclic) bond motifs is 2. The van der Waals surface area contributed by atoms with Crippen LogP contribution in [-0.4, -0.2) is 32.7 Å². The van der Waals surface area contributed by atoms with Gasteiger partial charge in [-0.25, -0.2) is 4.98 Å². The zero-order valence-corrected chi connectivity index (χ0v) is 15.4. The highest BCUT2D eigenvalue weighted by atomic mass is 16.1. The number of hydrogen-bond acceptors (Lipinski definition) is 4. The van der Waals surface area contributed by atoms with Crippen molar-refractivity contribution in [2.45, 2.75) is 26.3 Å². The second-order valence-corrected chi connectivity index (χ2v) is 6.61. The lowest BCUT2D eigenvalue weighted by Gasteiger charge is -2.08. The monoisotopic (exact) mass is 359 g/mol. The Labute approximate surface area is 157 Å². The molecule has 27 heavy (non-hydrogen) atoms. The molecule has 0 bridgehead atoms. The van der Waals surface area contributed by atoms with E-state index in [2.05, 4.69) is 52.7 Å². The number of aryl methyl sites for hydroxylation is 2. The van der Waals surface area contributed by atoms with Crippen LogP contribution < -0.4 is 5.32 Å². The molecule has 0 spiro atoms. The van der Waals surface area contributed by atoms with Gasteiger partial charge in [0.1, 0.15) is 5.52 Å². The molecule has 0 aliphatic carbocycles. The van der Waals surface area contributed by atoms with Gasteiger partial charge in [0.2, 0.25) is 5.91 Å². The molecule has 3 aromatic heterocycles. The van der Waals surface area contributed by atoms with E-state index in [0.29, 0.717) is 13.0 Å². The standard InChI is InChI=1S/C21H21N5O/c1-14-11-18(16-8-7-15-5-3-9-23-17(15)12-16)25-19-13-24-26(21(14)19)10-4-6-20(27)22-2/h3,5,7-9,11-13H,4,6,10H2,1-2H3,(H,22,27). The van der Waals surface area contributed by atoms with Crippen molar-refractivity contribution in [2.24, 2.45) is 0 Å². The molecule has 0 aliphatic heterocycles. The first kappa shape index (κ1) is 17.1. The van der Waals surface area contributed by atoms with Crippen molar-refractivity contribution >= 4 is 27.8 Å². The lowest BCUT2D eigenvalue weighted by Crippen LogP contribution is -2.18. The number of rotatable bonds is 5. The summed E-state index contributed by atoms with van der Waals surface area (Å²) < 4.78 is 1.94. The van der Waals surface area contributed by atoms with Crippen molar-refractivity contribution in [2.75, 3.05) is 7.05 Å². The van der Waals surface area contributed by atoms with Gasteiger partial charge in [0.05, 0.1) is 22.9 Å². The highest BCUT2D eigenvalue weighted by Gasteiger charge is 2.11. The largest absolute Gasteiger partial charge is 0.359 e. The van der Waals surface area contributed by atoms with Crippen molar-refractivity contribution in [3.63, 3.8) is 0 Å². The summed E-state index contributed by atoms with van der Waals surface area (Å²) in [6.45, 7) is 2.77. The maximum Gasteiger partial charge on any atom is 0.219 e. The van der Waals surface area contributed by atoms with E-state index in [1.54, 1.807) is 19.4 Å². The third-order valence-electron chi connectivity index (χ3n) is 4.74. The summed E-state index contributed by atoms with van der Waals surface area (Å²) in [6.07, 6.45) is 4.84. The van der Waals surface area contributed by atoms with Crippen LogP contribution in [0.3, 0.4) is 0 Å². The summed E-state index contributed by atoms with van der Waals surface area (Å²) in [5, 5.41) is 8.23. The summed E-state index contributed by atoms with van der Waals surface area (Å²) in [6, 6.07) is 12.3. The Morgan fingerprint density at radius 1 is 1.19 bits per heavy atom. The fraction of sp³-hybridized carbons (Fsp3) is 0.238. The first-order valence-corrected chi connectivity index (χ1v) is 9.04. The van der Waals surface area contributed by atoms with Crippen LogP contribution in [0.25, 0.3) is 33.2 Å². The van der Waals surface area contributed by atoms with E-state index in [1.165, 1.54) is 0 Å². The van der Waals surface area contributed by atoms with Crippen molar-refractivity contribution < 1.29 is 4.79 Å². The molecule has 0 unspecified atom stereocenters. The van der Waals surface area contributed by atoms with Crippen LogP contribution in [0.5, 0.6) is 0 Å². The number of hydrogen-bond donors (Lipinski definition) is 1. The average molecular weight is 359 g/mol. The zero-order chi connectivity index (χ0) is 18.8. The number of carbonyl (C=O) groups excluding carboxylic acids is 1. The second-order valence-electron chi connectivity index (χ2n) is 6.61. The van der Waals surface area contributed by atoms with Gasteiger partial charge in [-0.2, -0.15) is 5.10 Å². The minimum Gasteiger partial charge on any atom is -0.359 e. The van der Waals surface area contributed by atoms with E-state index >= 15 is 0 Å². The van der Waals surface area contributed by atoms with Crippen LogP contribution in [-0.2, 0) is 11.3 Å². The van der Waals surface area contributed by atoms with Crippen molar-refractivity contribution in [1.82, 2.24) is 25.1 Å². The molecule has 0 fully saturated rings. The first-order valence-electron chi connectivity index (χ1n) is 9.04. The molecule has 6 nitrogen and oxygen atoms in total. The van der Waals surface area contributed by atoms with Crippen molar-refractivity contribution in [1.29, 1.82) is 0 Å². The van der Waals surface area contributed by atoms with Crippen molar-refractivity contribution in [3.8, 4) is 11.3 Å². The van der Waals surface area contributed by atoms with Gasteiger partial charge in [0, 0.05) is 37.2 Å². The summed E-state index contributed by atoms with van der Waals surface area (Å²) in [7, 11) is 1.66. The van der Waals surface area contributed by atoms with E-state index < -0.39 is 0 Å². The Bertz CT molecular complexity index is 1130. The van der Waals surface area contributed by atoms with Gasteiger partial charge in [-0.05, 0) is 37.1 Å². The number of aromatic nitrogens is 4. The Kier molecular flexibility index (Phi) is 4.54. The zero-order valence-electron chi connectivity index (χ0n) is 15.4. The van der Waals surface area contributed by atoms with Gasteiger partial charge < -0.3 is 5.32 Å². The van der Waals surface area contributed by atoms with E-state index in [4.69, 9.17) is 4.98 Å². The first-order chi connectivity index (χ1) is 13.2. The van der Waals surface area contributed by atoms with Crippen LogP contribution in [0, 0.1) is 6.92 Å². The Morgan fingerprint density at radius 3 is 2.93 bits per heavy atom. The molecule has 1 N–H and O–H groups in total. The number of benzene rings is 1. The smallest absolute Gasteiger partial charge is 0.219 e. The number of nitrogens with zero attached hydrogens (tertiary/aromatic N) is 4.